The van der Waals surface area contributed by atoms with Crippen LogP contribution in [-0.4, -0.2) is 36.2 Å². The van der Waals surface area contributed by atoms with Gasteiger partial charge in [-0.1, -0.05) is 12.8 Å². The van der Waals surface area contributed by atoms with E-state index in [1.54, 1.807) is 6.07 Å². The summed E-state index contributed by atoms with van der Waals surface area (Å²) in [6.07, 6.45) is 4.55. The quantitative estimate of drug-likeness (QED) is 0.843. The van der Waals surface area contributed by atoms with Gasteiger partial charge in [-0.25, -0.2) is 13.4 Å². The maximum Gasteiger partial charge on any atom is 0.246 e. The van der Waals surface area contributed by atoms with Crippen molar-refractivity contribution in [1.82, 2.24) is 9.29 Å². The number of nitrogens with two attached hydrogens (primary N) is 1. The Kier molecular flexibility index (Phi) is 4.55. The third-order valence-corrected chi connectivity index (χ3v) is 5.44. The van der Waals surface area contributed by atoms with Crippen LogP contribution in [0, 0.1) is 11.3 Å². The molecule has 2 rings (SSSR count). The molecule has 0 aromatic carbocycles. The molecule has 0 bridgehead atoms. The highest BCUT2D eigenvalue weighted by Crippen LogP contribution is 2.29. The second-order valence-corrected chi connectivity index (χ2v) is 6.78. The zero-order chi connectivity index (χ0) is 15.5. The maximum absolute atomic E-state index is 12.8. The number of sulfonamides is 1. The minimum absolute atomic E-state index is 0.176. The molecule has 7 nitrogen and oxygen atoms in total. The van der Waals surface area contributed by atoms with E-state index in [0.29, 0.717) is 12.8 Å². The molecular formula is C13H16N4O3S. The lowest BCUT2D eigenvalue weighted by Gasteiger charge is -2.26. The van der Waals surface area contributed by atoms with Crippen molar-refractivity contribution in [3.63, 3.8) is 0 Å². The molecule has 0 aliphatic heterocycles. The van der Waals surface area contributed by atoms with Gasteiger partial charge in [0.1, 0.15) is 11.0 Å². The average Bonchev–Trinajstić information content (AvgIpc) is 2.98. The number of hydrogen-bond donors (Lipinski definition) is 1. The molecule has 21 heavy (non-hydrogen) atoms. The first-order chi connectivity index (χ1) is 9.96. The van der Waals surface area contributed by atoms with Crippen molar-refractivity contribution in [3.05, 3.63) is 24.0 Å². The molecule has 0 spiro atoms. The molecule has 1 amide bonds. The summed E-state index contributed by atoms with van der Waals surface area (Å²) in [5, 5.41) is 9.02. The Hall–Kier alpha value is -1.98. The molecule has 0 unspecified atom stereocenters. The van der Waals surface area contributed by atoms with Crippen LogP contribution >= 0.6 is 0 Å². The normalized spacial score (nSPS) is 16.0. The van der Waals surface area contributed by atoms with E-state index in [1.165, 1.54) is 18.3 Å². The minimum atomic E-state index is -3.97. The van der Waals surface area contributed by atoms with Crippen molar-refractivity contribution >= 4 is 15.9 Å². The Labute approximate surface area is 123 Å². The molecule has 0 atom stereocenters. The number of carbonyl (C=O) groups is 1. The minimum Gasteiger partial charge on any atom is -0.369 e. The summed E-state index contributed by atoms with van der Waals surface area (Å²) in [7, 11) is -3.97. The number of carbonyl (C=O) groups excluding carboxylic acids is 1. The number of pyridine rings is 1. The largest absolute Gasteiger partial charge is 0.369 e. The first-order valence-corrected chi connectivity index (χ1v) is 8.06. The highest BCUT2D eigenvalue weighted by Gasteiger charge is 2.35. The van der Waals surface area contributed by atoms with Crippen molar-refractivity contribution < 1.29 is 13.2 Å². The third kappa shape index (κ3) is 3.20. The summed E-state index contributed by atoms with van der Waals surface area (Å²) in [5.74, 6) is -0.715. The Morgan fingerprint density at radius 3 is 2.71 bits per heavy atom. The average molecular weight is 308 g/mol. The lowest BCUT2D eigenvalue weighted by molar-refractivity contribution is -0.118. The molecule has 1 heterocycles. The number of nitriles is 1. The van der Waals surface area contributed by atoms with Gasteiger partial charge in [0.15, 0.2) is 5.69 Å². The van der Waals surface area contributed by atoms with Crippen LogP contribution in [0.25, 0.3) is 0 Å². The van der Waals surface area contributed by atoms with Gasteiger partial charge >= 0.3 is 0 Å². The van der Waals surface area contributed by atoms with Crippen LogP contribution in [-0.2, 0) is 14.8 Å². The van der Waals surface area contributed by atoms with Gasteiger partial charge in [0.2, 0.25) is 15.9 Å². The van der Waals surface area contributed by atoms with Crippen LogP contribution in [0.1, 0.15) is 31.4 Å². The van der Waals surface area contributed by atoms with Crippen molar-refractivity contribution in [3.8, 4) is 6.07 Å². The summed E-state index contributed by atoms with van der Waals surface area (Å²) in [4.78, 5) is 14.8. The predicted molar refractivity (Wildman–Crippen MR) is 74.3 cm³/mol. The Morgan fingerprint density at radius 1 is 1.48 bits per heavy atom. The van der Waals surface area contributed by atoms with Crippen molar-refractivity contribution in [2.45, 2.75) is 36.6 Å². The molecular weight excluding hydrogens is 292 g/mol. The maximum atomic E-state index is 12.8. The fraction of sp³-hybridized carbons (Fsp3) is 0.462. The van der Waals surface area contributed by atoms with Crippen LogP contribution < -0.4 is 5.73 Å². The van der Waals surface area contributed by atoms with Gasteiger partial charge in [-0.05, 0) is 25.0 Å². The molecule has 1 aromatic rings. The molecule has 0 radical (unpaired) electrons. The number of hydrogen-bond acceptors (Lipinski definition) is 5. The first kappa shape index (κ1) is 15.4. The number of nitrogens with zero attached hydrogens (tertiary/aromatic N) is 3. The van der Waals surface area contributed by atoms with Crippen LogP contribution in [0.2, 0.25) is 0 Å². The number of aromatic nitrogens is 1. The lowest BCUT2D eigenvalue weighted by atomic mass is 10.2. The Bertz CT molecular complexity index is 675. The highest BCUT2D eigenvalue weighted by atomic mass is 32.2. The summed E-state index contributed by atoms with van der Waals surface area (Å²) in [5.41, 5.74) is 5.00. The van der Waals surface area contributed by atoms with E-state index >= 15 is 0 Å². The monoisotopic (exact) mass is 308 g/mol. The van der Waals surface area contributed by atoms with E-state index in [0.717, 1.165) is 17.1 Å². The van der Waals surface area contributed by atoms with Gasteiger partial charge in [0.25, 0.3) is 0 Å². The molecule has 1 aliphatic carbocycles. The first-order valence-electron chi connectivity index (χ1n) is 6.62. The van der Waals surface area contributed by atoms with Crippen molar-refractivity contribution in [1.29, 1.82) is 5.26 Å². The van der Waals surface area contributed by atoms with E-state index in [-0.39, 0.29) is 23.2 Å². The fourth-order valence-corrected chi connectivity index (χ4v) is 4.31. The molecule has 1 saturated carbocycles. The fourth-order valence-electron chi connectivity index (χ4n) is 2.57. The Morgan fingerprint density at radius 2 is 2.14 bits per heavy atom. The smallest absolute Gasteiger partial charge is 0.246 e. The van der Waals surface area contributed by atoms with Crippen molar-refractivity contribution in [2.24, 2.45) is 5.73 Å². The summed E-state index contributed by atoms with van der Waals surface area (Å²) >= 11 is 0. The molecule has 1 aliphatic rings. The van der Waals surface area contributed by atoms with E-state index in [2.05, 4.69) is 4.98 Å². The number of amides is 1. The van der Waals surface area contributed by atoms with E-state index in [4.69, 9.17) is 11.0 Å². The highest BCUT2D eigenvalue weighted by molar-refractivity contribution is 7.89. The predicted octanol–water partition coefficient (Wildman–Crippen LogP) is 0.372. The number of primary amides is 1. The van der Waals surface area contributed by atoms with E-state index < -0.39 is 15.9 Å². The lowest BCUT2D eigenvalue weighted by Crippen LogP contribution is -2.44. The van der Waals surface area contributed by atoms with Gasteiger partial charge < -0.3 is 5.73 Å². The van der Waals surface area contributed by atoms with Gasteiger partial charge in [-0.15, -0.1) is 0 Å². The zero-order valence-electron chi connectivity index (χ0n) is 11.4. The summed E-state index contributed by atoms with van der Waals surface area (Å²) in [6, 6.07) is 4.28. The summed E-state index contributed by atoms with van der Waals surface area (Å²) < 4.78 is 26.6. The number of rotatable bonds is 5. The standard InChI is InChI=1S/C13H16N4O3S/c14-8-11-12(6-3-7-16-11)21(19,20)17(9-13(15)18)10-4-1-2-5-10/h3,6-7,10H,1-2,4-5,9H2,(H2,15,18). The van der Waals surface area contributed by atoms with Gasteiger partial charge in [0, 0.05) is 12.2 Å². The SMILES string of the molecule is N#Cc1ncccc1S(=O)(=O)N(CC(N)=O)C1CCCC1. The second kappa shape index (κ2) is 6.20. The van der Waals surface area contributed by atoms with E-state index in [1.807, 2.05) is 0 Å². The van der Waals surface area contributed by atoms with Crippen LogP contribution in [0.3, 0.4) is 0 Å². The Balaban J connectivity index is 2.46. The second-order valence-electron chi connectivity index (χ2n) is 4.92. The van der Waals surface area contributed by atoms with Crippen LogP contribution in [0.4, 0.5) is 0 Å². The molecule has 2 N–H and O–H groups in total. The van der Waals surface area contributed by atoms with Crippen LogP contribution in [0.5, 0.6) is 0 Å². The summed E-state index contributed by atoms with van der Waals surface area (Å²) in [6.45, 7) is -0.382. The topological polar surface area (TPSA) is 117 Å². The molecule has 1 aromatic heterocycles. The molecule has 112 valence electrons. The van der Waals surface area contributed by atoms with Gasteiger partial charge in [-0.3, -0.25) is 4.79 Å². The van der Waals surface area contributed by atoms with Gasteiger partial charge in [0.05, 0.1) is 6.54 Å². The van der Waals surface area contributed by atoms with Crippen LogP contribution in [0.15, 0.2) is 23.2 Å². The molecule has 8 heteroatoms. The van der Waals surface area contributed by atoms with E-state index in [9.17, 15) is 13.2 Å². The van der Waals surface area contributed by atoms with Crippen molar-refractivity contribution in [2.75, 3.05) is 6.54 Å². The van der Waals surface area contributed by atoms with Gasteiger partial charge in [-0.2, -0.15) is 9.57 Å². The zero-order valence-corrected chi connectivity index (χ0v) is 12.2. The molecule has 0 saturated heterocycles. The third-order valence-electron chi connectivity index (χ3n) is 3.51. The molecule has 1 fully saturated rings.